The Bertz CT molecular complexity index is 459. The molecule has 4 rings (SSSR count). The zero-order chi connectivity index (χ0) is 12.1. The highest BCUT2D eigenvalue weighted by Gasteiger charge is 2.43. The Labute approximate surface area is 111 Å². The van der Waals surface area contributed by atoms with E-state index in [1.807, 2.05) is 0 Å². The second-order valence-electron chi connectivity index (χ2n) is 6.94. The zero-order valence-electron chi connectivity index (χ0n) is 11.5. The van der Waals surface area contributed by atoms with Gasteiger partial charge in [0.25, 0.3) is 0 Å². The van der Waals surface area contributed by atoms with E-state index in [1.54, 1.807) is 11.1 Å². The van der Waals surface area contributed by atoms with E-state index in [4.69, 9.17) is 0 Å². The highest BCUT2D eigenvalue weighted by molar-refractivity contribution is 5.37. The highest BCUT2D eigenvalue weighted by atomic mass is 14.5. The molecule has 0 amide bonds. The van der Waals surface area contributed by atoms with Crippen LogP contribution >= 0.6 is 0 Å². The molecule has 96 valence electrons. The Kier molecular flexibility index (Phi) is 2.53. The van der Waals surface area contributed by atoms with E-state index >= 15 is 0 Å². The first kappa shape index (κ1) is 11.1. The molecule has 1 aromatic rings. The summed E-state index contributed by atoms with van der Waals surface area (Å²) in [5.74, 6) is 4.12. The van der Waals surface area contributed by atoms with Gasteiger partial charge in [0, 0.05) is 0 Å². The van der Waals surface area contributed by atoms with Crippen molar-refractivity contribution >= 4 is 0 Å². The van der Waals surface area contributed by atoms with Crippen molar-refractivity contribution in [3.8, 4) is 0 Å². The van der Waals surface area contributed by atoms with Gasteiger partial charge in [0.1, 0.15) is 0 Å². The van der Waals surface area contributed by atoms with E-state index in [-0.39, 0.29) is 0 Å². The first-order valence-corrected chi connectivity index (χ1v) is 7.92. The van der Waals surface area contributed by atoms with E-state index in [9.17, 15) is 0 Å². The quantitative estimate of drug-likeness (QED) is 0.608. The van der Waals surface area contributed by atoms with Gasteiger partial charge in [0.2, 0.25) is 0 Å². The SMILES string of the molecule is Cc1ccc2c(c1)CCC1C2CCC2CCCC21. The van der Waals surface area contributed by atoms with Crippen LogP contribution in [0.1, 0.15) is 61.1 Å². The molecule has 0 heteroatoms. The van der Waals surface area contributed by atoms with Crippen LogP contribution < -0.4 is 0 Å². The summed E-state index contributed by atoms with van der Waals surface area (Å²) in [7, 11) is 0. The van der Waals surface area contributed by atoms with Crippen molar-refractivity contribution in [2.45, 2.75) is 57.8 Å². The van der Waals surface area contributed by atoms with Crippen LogP contribution in [-0.2, 0) is 6.42 Å². The van der Waals surface area contributed by atoms with Crippen molar-refractivity contribution in [3.05, 3.63) is 34.9 Å². The van der Waals surface area contributed by atoms with Gasteiger partial charge in [-0.3, -0.25) is 0 Å². The van der Waals surface area contributed by atoms with Crippen LogP contribution in [0.25, 0.3) is 0 Å². The Morgan fingerprint density at radius 2 is 1.89 bits per heavy atom. The van der Waals surface area contributed by atoms with Crippen molar-refractivity contribution in [2.75, 3.05) is 0 Å². The molecule has 0 radical (unpaired) electrons. The lowest BCUT2D eigenvalue weighted by Gasteiger charge is -2.44. The molecule has 0 aromatic heterocycles. The highest BCUT2D eigenvalue weighted by Crippen LogP contribution is 2.54. The third-order valence-corrected chi connectivity index (χ3v) is 6.08. The van der Waals surface area contributed by atoms with Gasteiger partial charge in [-0.05, 0) is 73.8 Å². The second-order valence-corrected chi connectivity index (χ2v) is 6.94. The monoisotopic (exact) mass is 240 g/mol. The Balaban J connectivity index is 1.71. The summed E-state index contributed by atoms with van der Waals surface area (Å²) in [6.07, 6.45) is 10.4. The molecule has 2 fully saturated rings. The molecule has 0 heterocycles. The average molecular weight is 240 g/mol. The fourth-order valence-electron chi connectivity index (χ4n) is 5.33. The summed E-state index contributed by atoms with van der Waals surface area (Å²) < 4.78 is 0. The Morgan fingerprint density at radius 3 is 2.83 bits per heavy atom. The standard InChI is InChI=1S/C18H24/c1-12-5-8-16-14(11-12)7-10-17-15-4-2-3-13(15)6-9-18(16)17/h5,8,11,13,15,17-18H,2-4,6-7,9-10H2,1H3. The largest absolute Gasteiger partial charge is 0.0590 e. The maximum Gasteiger partial charge on any atom is -0.0128 e. The summed E-state index contributed by atoms with van der Waals surface area (Å²) in [4.78, 5) is 0. The molecular formula is C18H24. The Hall–Kier alpha value is -0.780. The third-order valence-electron chi connectivity index (χ3n) is 6.08. The van der Waals surface area contributed by atoms with Crippen LogP contribution in [0.2, 0.25) is 0 Å². The third kappa shape index (κ3) is 1.57. The molecule has 4 unspecified atom stereocenters. The van der Waals surface area contributed by atoms with Gasteiger partial charge in [-0.15, -0.1) is 0 Å². The van der Waals surface area contributed by atoms with Crippen molar-refractivity contribution in [1.82, 2.24) is 0 Å². The van der Waals surface area contributed by atoms with E-state index in [2.05, 4.69) is 25.1 Å². The molecular weight excluding hydrogens is 216 g/mol. The first-order valence-electron chi connectivity index (χ1n) is 7.92. The number of fused-ring (bicyclic) bond motifs is 5. The number of rotatable bonds is 0. The van der Waals surface area contributed by atoms with Gasteiger partial charge in [-0.25, -0.2) is 0 Å². The van der Waals surface area contributed by atoms with E-state index < -0.39 is 0 Å². The van der Waals surface area contributed by atoms with Crippen LogP contribution in [0.5, 0.6) is 0 Å². The number of hydrogen-bond acceptors (Lipinski definition) is 0. The van der Waals surface area contributed by atoms with E-state index in [0.29, 0.717) is 0 Å². The molecule has 3 aliphatic carbocycles. The molecule has 2 saturated carbocycles. The van der Waals surface area contributed by atoms with Gasteiger partial charge < -0.3 is 0 Å². The molecule has 0 spiro atoms. The van der Waals surface area contributed by atoms with Gasteiger partial charge in [0.15, 0.2) is 0 Å². The summed E-state index contributed by atoms with van der Waals surface area (Å²) in [5.41, 5.74) is 4.84. The lowest BCUT2D eigenvalue weighted by atomic mass is 9.61. The van der Waals surface area contributed by atoms with Gasteiger partial charge in [0.05, 0.1) is 0 Å². The molecule has 0 N–H and O–H groups in total. The Morgan fingerprint density at radius 1 is 0.944 bits per heavy atom. The topological polar surface area (TPSA) is 0 Å². The average Bonchev–Trinajstić information content (AvgIpc) is 2.86. The van der Waals surface area contributed by atoms with Crippen molar-refractivity contribution in [1.29, 1.82) is 0 Å². The van der Waals surface area contributed by atoms with Crippen LogP contribution in [-0.4, -0.2) is 0 Å². The predicted octanol–water partition coefficient (Wildman–Crippen LogP) is 4.85. The molecule has 0 saturated heterocycles. The zero-order valence-corrected chi connectivity index (χ0v) is 11.5. The molecule has 1 aromatic carbocycles. The molecule has 18 heavy (non-hydrogen) atoms. The number of hydrogen-bond donors (Lipinski definition) is 0. The molecule has 3 aliphatic rings. The summed E-state index contributed by atoms with van der Waals surface area (Å²) in [6.45, 7) is 2.24. The van der Waals surface area contributed by atoms with Crippen molar-refractivity contribution in [2.24, 2.45) is 17.8 Å². The maximum absolute atomic E-state index is 2.46. The van der Waals surface area contributed by atoms with Gasteiger partial charge >= 0.3 is 0 Å². The van der Waals surface area contributed by atoms with Crippen LogP contribution in [0.3, 0.4) is 0 Å². The normalized spacial score (nSPS) is 37.8. The second kappa shape index (κ2) is 4.11. The minimum Gasteiger partial charge on any atom is -0.0590 e. The number of aryl methyl sites for hydroxylation is 2. The van der Waals surface area contributed by atoms with Gasteiger partial charge in [-0.1, -0.05) is 36.6 Å². The fourth-order valence-corrected chi connectivity index (χ4v) is 5.33. The van der Waals surface area contributed by atoms with Crippen LogP contribution in [0, 0.1) is 24.7 Å². The lowest BCUT2D eigenvalue weighted by molar-refractivity contribution is 0.137. The molecule has 0 bridgehead atoms. The van der Waals surface area contributed by atoms with Crippen molar-refractivity contribution in [3.63, 3.8) is 0 Å². The summed E-state index contributed by atoms with van der Waals surface area (Å²) >= 11 is 0. The minimum atomic E-state index is 0.911. The van der Waals surface area contributed by atoms with Crippen LogP contribution in [0.4, 0.5) is 0 Å². The van der Waals surface area contributed by atoms with E-state index in [1.165, 1.54) is 50.5 Å². The summed E-state index contributed by atoms with van der Waals surface area (Å²) in [5, 5.41) is 0. The van der Waals surface area contributed by atoms with Crippen LogP contribution in [0.15, 0.2) is 18.2 Å². The van der Waals surface area contributed by atoms with E-state index in [0.717, 1.165) is 23.7 Å². The maximum atomic E-state index is 2.46. The number of benzene rings is 1. The molecule has 0 aliphatic heterocycles. The fraction of sp³-hybridized carbons (Fsp3) is 0.667. The summed E-state index contributed by atoms with van der Waals surface area (Å²) in [6, 6.07) is 7.24. The lowest BCUT2D eigenvalue weighted by Crippen LogP contribution is -2.34. The van der Waals surface area contributed by atoms with Crippen molar-refractivity contribution < 1.29 is 0 Å². The van der Waals surface area contributed by atoms with Gasteiger partial charge in [-0.2, -0.15) is 0 Å². The predicted molar refractivity (Wildman–Crippen MR) is 75.8 cm³/mol. The smallest absolute Gasteiger partial charge is 0.0128 e. The molecule has 0 nitrogen and oxygen atoms in total. The first-order chi connectivity index (χ1) is 8.83. The minimum absolute atomic E-state index is 0.911. The molecule has 4 atom stereocenters.